The van der Waals surface area contributed by atoms with Crippen molar-refractivity contribution in [1.29, 1.82) is 0 Å². The number of rotatable bonds is 8. The second-order valence-corrected chi connectivity index (χ2v) is 5.63. The highest BCUT2D eigenvalue weighted by atomic mass is 16.5. The van der Waals surface area contributed by atoms with Crippen molar-refractivity contribution in [2.45, 2.75) is 27.0 Å². The van der Waals surface area contributed by atoms with Gasteiger partial charge < -0.3 is 4.74 Å². The molecule has 3 heteroatoms. The highest BCUT2D eigenvalue weighted by Crippen LogP contribution is 2.09. The van der Waals surface area contributed by atoms with Gasteiger partial charge in [0.25, 0.3) is 0 Å². The summed E-state index contributed by atoms with van der Waals surface area (Å²) in [7, 11) is 0. The van der Waals surface area contributed by atoms with Crippen LogP contribution >= 0.6 is 0 Å². The Morgan fingerprint density at radius 2 is 1.58 bits per heavy atom. The van der Waals surface area contributed by atoms with Gasteiger partial charge in [0.15, 0.2) is 0 Å². The Morgan fingerprint density at radius 1 is 0.958 bits per heavy atom. The number of carbonyl (C=O) groups excluding carboxylic acids is 1. The molecule has 0 saturated carbocycles. The molecular weight excluding hydrogens is 298 g/mol. The quantitative estimate of drug-likeness (QED) is 0.536. The van der Waals surface area contributed by atoms with Gasteiger partial charge >= 0.3 is 5.97 Å². The van der Waals surface area contributed by atoms with Gasteiger partial charge in [-0.3, -0.25) is 4.90 Å². The molecule has 0 aliphatic carbocycles. The van der Waals surface area contributed by atoms with Crippen LogP contribution in [0.15, 0.2) is 60.7 Å². The lowest BCUT2D eigenvalue weighted by molar-refractivity contribution is -0.138. The fraction of sp³-hybridized carbons (Fsp3) is 0.286. The van der Waals surface area contributed by atoms with Crippen molar-refractivity contribution in [3.8, 4) is 0 Å². The van der Waals surface area contributed by atoms with E-state index in [1.54, 1.807) is 6.08 Å². The van der Waals surface area contributed by atoms with Crippen molar-refractivity contribution >= 4 is 12.0 Å². The van der Waals surface area contributed by atoms with Crippen LogP contribution in [0.4, 0.5) is 0 Å². The first-order valence-corrected chi connectivity index (χ1v) is 8.41. The van der Waals surface area contributed by atoms with Crippen LogP contribution in [-0.2, 0) is 22.7 Å². The number of hydrogen-bond acceptors (Lipinski definition) is 3. The lowest BCUT2D eigenvalue weighted by Gasteiger charge is -2.18. The Kier molecular flexibility index (Phi) is 7.24. The first-order chi connectivity index (χ1) is 11.7. The highest BCUT2D eigenvalue weighted by Gasteiger charge is 2.02. The molecule has 0 aliphatic heterocycles. The van der Waals surface area contributed by atoms with Crippen LogP contribution < -0.4 is 0 Å². The van der Waals surface area contributed by atoms with Crippen LogP contribution in [0.25, 0.3) is 6.08 Å². The van der Waals surface area contributed by atoms with Crippen LogP contribution in [0.1, 0.15) is 30.5 Å². The van der Waals surface area contributed by atoms with E-state index in [9.17, 15) is 4.79 Å². The van der Waals surface area contributed by atoms with Crippen molar-refractivity contribution in [2.75, 3.05) is 13.1 Å². The van der Waals surface area contributed by atoms with Gasteiger partial charge in [0.05, 0.1) is 0 Å². The molecule has 3 nitrogen and oxygen atoms in total. The van der Waals surface area contributed by atoms with Gasteiger partial charge in [-0.1, -0.05) is 68.4 Å². The first kappa shape index (κ1) is 18.0. The second kappa shape index (κ2) is 9.68. The molecule has 24 heavy (non-hydrogen) atoms. The Balaban J connectivity index is 1.81. The third-order valence-electron chi connectivity index (χ3n) is 3.92. The van der Waals surface area contributed by atoms with E-state index in [-0.39, 0.29) is 5.97 Å². The Labute approximate surface area is 144 Å². The van der Waals surface area contributed by atoms with E-state index in [1.165, 1.54) is 11.6 Å². The zero-order valence-corrected chi connectivity index (χ0v) is 14.4. The van der Waals surface area contributed by atoms with E-state index in [0.717, 1.165) is 30.8 Å². The molecule has 0 saturated heterocycles. The van der Waals surface area contributed by atoms with Crippen molar-refractivity contribution < 1.29 is 9.53 Å². The Morgan fingerprint density at radius 3 is 2.21 bits per heavy atom. The maximum absolute atomic E-state index is 11.8. The molecule has 0 amide bonds. The predicted octanol–water partition coefficient (Wildman–Crippen LogP) is 4.29. The summed E-state index contributed by atoms with van der Waals surface area (Å²) in [5, 5.41) is 0. The highest BCUT2D eigenvalue weighted by molar-refractivity contribution is 5.87. The molecule has 0 aromatic heterocycles. The van der Waals surface area contributed by atoms with Crippen molar-refractivity contribution in [3.05, 3.63) is 77.4 Å². The molecule has 0 radical (unpaired) electrons. The second-order valence-electron chi connectivity index (χ2n) is 5.63. The molecular formula is C21H25NO2. The first-order valence-electron chi connectivity index (χ1n) is 8.41. The van der Waals surface area contributed by atoms with Gasteiger partial charge in [0.1, 0.15) is 6.61 Å². The average Bonchev–Trinajstić information content (AvgIpc) is 2.64. The zero-order valence-electron chi connectivity index (χ0n) is 14.4. The minimum Gasteiger partial charge on any atom is -0.458 e. The Hall–Kier alpha value is -2.39. The molecule has 2 aromatic rings. The third-order valence-corrected chi connectivity index (χ3v) is 3.92. The summed E-state index contributed by atoms with van der Waals surface area (Å²) in [6, 6.07) is 17.9. The number of ether oxygens (including phenoxy) is 1. The van der Waals surface area contributed by atoms with Gasteiger partial charge in [-0.05, 0) is 35.9 Å². The van der Waals surface area contributed by atoms with Crippen LogP contribution in [-0.4, -0.2) is 24.0 Å². The summed E-state index contributed by atoms with van der Waals surface area (Å²) >= 11 is 0. The summed E-state index contributed by atoms with van der Waals surface area (Å²) in [6.45, 7) is 7.67. The van der Waals surface area contributed by atoms with Gasteiger partial charge in [-0.25, -0.2) is 4.79 Å². The normalized spacial score (nSPS) is 11.1. The van der Waals surface area contributed by atoms with Gasteiger partial charge in [0, 0.05) is 12.6 Å². The lowest BCUT2D eigenvalue weighted by atomic mass is 10.1. The standard InChI is InChI=1S/C21H25NO2/c1-3-22(4-2)16-19-10-12-20(13-11-19)17-24-21(23)15-14-18-8-6-5-7-9-18/h5-15H,3-4,16-17H2,1-2H3/b15-14+. The van der Waals surface area contributed by atoms with E-state index >= 15 is 0 Å². The number of hydrogen-bond donors (Lipinski definition) is 0. The Bertz CT molecular complexity index is 643. The minimum absolute atomic E-state index is 0.295. The molecule has 0 aliphatic rings. The van der Waals surface area contributed by atoms with Crippen LogP contribution in [0.3, 0.4) is 0 Å². The molecule has 0 heterocycles. The molecule has 0 fully saturated rings. The van der Waals surface area contributed by atoms with E-state index in [4.69, 9.17) is 4.74 Å². The molecule has 2 aromatic carbocycles. The largest absolute Gasteiger partial charge is 0.458 e. The summed E-state index contributed by atoms with van der Waals surface area (Å²) in [6.07, 6.45) is 3.22. The fourth-order valence-electron chi connectivity index (χ4n) is 2.38. The van der Waals surface area contributed by atoms with Crippen molar-refractivity contribution in [2.24, 2.45) is 0 Å². The number of benzene rings is 2. The molecule has 0 unspecified atom stereocenters. The van der Waals surface area contributed by atoms with Gasteiger partial charge in [-0.15, -0.1) is 0 Å². The SMILES string of the molecule is CCN(CC)Cc1ccc(COC(=O)/C=C/c2ccccc2)cc1. The van der Waals surface area contributed by atoms with E-state index in [2.05, 4.69) is 30.9 Å². The zero-order chi connectivity index (χ0) is 17.2. The minimum atomic E-state index is -0.328. The molecule has 0 atom stereocenters. The van der Waals surface area contributed by atoms with Crippen molar-refractivity contribution in [3.63, 3.8) is 0 Å². The summed E-state index contributed by atoms with van der Waals surface area (Å²) in [5.74, 6) is -0.328. The fourth-order valence-corrected chi connectivity index (χ4v) is 2.38. The molecule has 0 spiro atoms. The summed E-state index contributed by atoms with van der Waals surface area (Å²) in [4.78, 5) is 14.1. The van der Waals surface area contributed by atoms with Crippen LogP contribution in [0, 0.1) is 0 Å². The van der Waals surface area contributed by atoms with E-state index in [0.29, 0.717) is 6.61 Å². The van der Waals surface area contributed by atoms with Crippen LogP contribution in [0.2, 0.25) is 0 Å². The van der Waals surface area contributed by atoms with Gasteiger partial charge in [-0.2, -0.15) is 0 Å². The average molecular weight is 323 g/mol. The summed E-state index contributed by atoms with van der Waals surface area (Å²) < 4.78 is 5.28. The van der Waals surface area contributed by atoms with E-state index in [1.807, 2.05) is 42.5 Å². The number of esters is 1. The number of carbonyl (C=O) groups is 1. The number of nitrogens with zero attached hydrogens (tertiary/aromatic N) is 1. The van der Waals surface area contributed by atoms with Gasteiger partial charge in [0.2, 0.25) is 0 Å². The maximum atomic E-state index is 11.8. The molecule has 2 rings (SSSR count). The topological polar surface area (TPSA) is 29.5 Å². The maximum Gasteiger partial charge on any atom is 0.331 e. The molecule has 0 bridgehead atoms. The van der Waals surface area contributed by atoms with E-state index < -0.39 is 0 Å². The lowest BCUT2D eigenvalue weighted by Crippen LogP contribution is -2.22. The summed E-state index contributed by atoms with van der Waals surface area (Å²) in [5.41, 5.74) is 3.26. The molecule has 126 valence electrons. The third kappa shape index (κ3) is 6.01. The van der Waals surface area contributed by atoms with Crippen molar-refractivity contribution in [1.82, 2.24) is 4.90 Å². The smallest absolute Gasteiger partial charge is 0.331 e. The monoisotopic (exact) mass is 323 g/mol. The predicted molar refractivity (Wildman–Crippen MR) is 98.3 cm³/mol. The molecule has 0 N–H and O–H groups in total. The van der Waals surface area contributed by atoms with Crippen LogP contribution in [0.5, 0.6) is 0 Å².